The van der Waals surface area contributed by atoms with Crippen molar-refractivity contribution in [1.82, 2.24) is 14.9 Å². The van der Waals surface area contributed by atoms with E-state index < -0.39 is 0 Å². The topological polar surface area (TPSA) is 29.9 Å². The van der Waals surface area contributed by atoms with Crippen LogP contribution in [0.5, 0.6) is 0 Å². The molecule has 2 rings (SSSR count). The molecule has 1 aliphatic rings. The smallest absolute Gasteiger partial charge is 0.106 e. The molecule has 0 fully saturated rings. The standard InChI is InChI=1S/C14H25N3/c1-4-12(15-5-2)10-17-11(3)16-13-8-6-7-9-14(13)17/h12,15H,4-10H2,1-3H3. The molecule has 0 saturated heterocycles. The van der Waals surface area contributed by atoms with Crippen LogP contribution in [-0.2, 0) is 19.4 Å². The summed E-state index contributed by atoms with van der Waals surface area (Å²) in [5, 5.41) is 3.56. The average Bonchev–Trinajstić information content (AvgIpc) is 2.65. The van der Waals surface area contributed by atoms with E-state index in [1.807, 2.05) is 0 Å². The van der Waals surface area contributed by atoms with E-state index in [1.54, 1.807) is 0 Å². The van der Waals surface area contributed by atoms with Crippen molar-refractivity contribution in [3.63, 3.8) is 0 Å². The minimum atomic E-state index is 0.582. The zero-order valence-corrected chi connectivity index (χ0v) is 11.4. The summed E-state index contributed by atoms with van der Waals surface area (Å²) in [6.07, 6.45) is 6.23. The molecule has 1 atom stereocenters. The molecule has 0 amide bonds. The number of aromatic nitrogens is 2. The van der Waals surface area contributed by atoms with Gasteiger partial charge in [-0.15, -0.1) is 0 Å². The van der Waals surface area contributed by atoms with E-state index in [0.29, 0.717) is 6.04 Å². The number of imidazole rings is 1. The second kappa shape index (κ2) is 5.67. The fraction of sp³-hybridized carbons (Fsp3) is 0.786. The van der Waals surface area contributed by atoms with Crippen molar-refractivity contribution in [3.05, 3.63) is 17.2 Å². The van der Waals surface area contributed by atoms with Gasteiger partial charge in [-0.25, -0.2) is 4.98 Å². The highest BCUT2D eigenvalue weighted by atomic mass is 15.1. The molecule has 96 valence electrons. The van der Waals surface area contributed by atoms with E-state index in [2.05, 4.69) is 30.7 Å². The van der Waals surface area contributed by atoms with Gasteiger partial charge in [0.2, 0.25) is 0 Å². The minimum Gasteiger partial charge on any atom is -0.330 e. The third-order valence-corrected chi connectivity index (χ3v) is 3.81. The van der Waals surface area contributed by atoms with Gasteiger partial charge in [0.05, 0.1) is 5.69 Å². The molecule has 0 spiro atoms. The first-order chi connectivity index (χ1) is 8.26. The molecular weight excluding hydrogens is 210 g/mol. The van der Waals surface area contributed by atoms with Crippen LogP contribution in [0.2, 0.25) is 0 Å². The maximum Gasteiger partial charge on any atom is 0.106 e. The quantitative estimate of drug-likeness (QED) is 0.849. The van der Waals surface area contributed by atoms with E-state index >= 15 is 0 Å². The molecule has 3 nitrogen and oxygen atoms in total. The Morgan fingerprint density at radius 3 is 2.76 bits per heavy atom. The Labute approximate surface area is 105 Å². The first-order valence-electron chi connectivity index (χ1n) is 7.04. The number of aryl methyl sites for hydroxylation is 2. The second-order valence-corrected chi connectivity index (χ2v) is 5.03. The van der Waals surface area contributed by atoms with Crippen LogP contribution in [0.1, 0.15) is 50.3 Å². The third-order valence-electron chi connectivity index (χ3n) is 3.81. The number of hydrogen-bond donors (Lipinski definition) is 1. The highest BCUT2D eigenvalue weighted by Crippen LogP contribution is 2.22. The lowest BCUT2D eigenvalue weighted by Crippen LogP contribution is -2.33. The fourth-order valence-electron chi connectivity index (χ4n) is 2.82. The van der Waals surface area contributed by atoms with Gasteiger partial charge in [0.25, 0.3) is 0 Å². The molecular formula is C14H25N3. The first-order valence-corrected chi connectivity index (χ1v) is 7.04. The fourth-order valence-corrected chi connectivity index (χ4v) is 2.82. The lowest BCUT2D eigenvalue weighted by Gasteiger charge is -2.20. The molecule has 3 heteroatoms. The van der Waals surface area contributed by atoms with Gasteiger partial charge in [0.15, 0.2) is 0 Å². The highest BCUT2D eigenvalue weighted by Gasteiger charge is 2.19. The van der Waals surface area contributed by atoms with Crippen LogP contribution < -0.4 is 5.32 Å². The van der Waals surface area contributed by atoms with E-state index in [1.165, 1.54) is 49.3 Å². The Kier molecular flexibility index (Phi) is 4.21. The van der Waals surface area contributed by atoms with E-state index in [0.717, 1.165) is 13.1 Å². The van der Waals surface area contributed by atoms with E-state index in [9.17, 15) is 0 Å². The van der Waals surface area contributed by atoms with Crippen molar-refractivity contribution < 1.29 is 0 Å². The van der Waals surface area contributed by atoms with Gasteiger partial charge in [0, 0.05) is 18.3 Å². The first kappa shape index (κ1) is 12.6. The molecule has 1 heterocycles. The average molecular weight is 235 g/mol. The number of rotatable bonds is 5. The second-order valence-electron chi connectivity index (χ2n) is 5.03. The zero-order chi connectivity index (χ0) is 12.3. The number of fused-ring (bicyclic) bond motifs is 1. The van der Waals surface area contributed by atoms with Crippen LogP contribution in [-0.4, -0.2) is 22.1 Å². The van der Waals surface area contributed by atoms with Crippen LogP contribution in [0.4, 0.5) is 0 Å². The van der Waals surface area contributed by atoms with Crippen molar-refractivity contribution in [3.8, 4) is 0 Å². The van der Waals surface area contributed by atoms with Gasteiger partial charge in [0.1, 0.15) is 5.82 Å². The summed E-state index contributed by atoms with van der Waals surface area (Å²) < 4.78 is 2.45. The lowest BCUT2D eigenvalue weighted by molar-refractivity contribution is 0.432. The summed E-state index contributed by atoms with van der Waals surface area (Å²) in [5.74, 6) is 1.20. The summed E-state index contributed by atoms with van der Waals surface area (Å²) in [6, 6.07) is 0.582. The monoisotopic (exact) mass is 235 g/mol. The van der Waals surface area contributed by atoms with Crippen molar-refractivity contribution in [1.29, 1.82) is 0 Å². The molecule has 1 aliphatic carbocycles. The number of likely N-dealkylation sites (N-methyl/N-ethyl adjacent to an activating group) is 1. The van der Waals surface area contributed by atoms with Gasteiger partial charge < -0.3 is 9.88 Å². The summed E-state index contributed by atoms with van der Waals surface area (Å²) in [7, 11) is 0. The normalized spacial score (nSPS) is 16.9. The number of hydrogen-bond acceptors (Lipinski definition) is 2. The maximum atomic E-state index is 4.73. The molecule has 1 aromatic rings. The van der Waals surface area contributed by atoms with Crippen molar-refractivity contribution in [2.75, 3.05) is 6.54 Å². The largest absolute Gasteiger partial charge is 0.330 e. The maximum absolute atomic E-state index is 4.73. The van der Waals surface area contributed by atoms with Crippen molar-refractivity contribution >= 4 is 0 Å². The van der Waals surface area contributed by atoms with Crippen molar-refractivity contribution in [2.24, 2.45) is 0 Å². The van der Waals surface area contributed by atoms with E-state index in [-0.39, 0.29) is 0 Å². The van der Waals surface area contributed by atoms with Crippen LogP contribution in [0.3, 0.4) is 0 Å². The number of nitrogens with zero attached hydrogens (tertiary/aromatic N) is 2. The predicted octanol–water partition coefficient (Wildman–Crippen LogP) is 2.46. The molecule has 0 saturated carbocycles. The lowest BCUT2D eigenvalue weighted by atomic mass is 10.0. The molecule has 0 aliphatic heterocycles. The summed E-state index contributed by atoms with van der Waals surface area (Å²) in [5.41, 5.74) is 2.87. The van der Waals surface area contributed by atoms with Gasteiger partial charge >= 0.3 is 0 Å². The predicted molar refractivity (Wildman–Crippen MR) is 71.4 cm³/mol. The van der Waals surface area contributed by atoms with Crippen LogP contribution in [0.15, 0.2) is 0 Å². The number of nitrogens with one attached hydrogen (secondary N) is 1. The molecule has 1 unspecified atom stereocenters. The Bertz CT molecular complexity index is 368. The molecule has 1 N–H and O–H groups in total. The molecule has 17 heavy (non-hydrogen) atoms. The third kappa shape index (κ3) is 2.71. The molecule has 1 aromatic heterocycles. The summed E-state index contributed by atoms with van der Waals surface area (Å²) in [6.45, 7) is 8.72. The zero-order valence-electron chi connectivity index (χ0n) is 11.4. The molecule has 0 radical (unpaired) electrons. The Hall–Kier alpha value is -0.830. The Morgan fingerprint density at radius 1 is 1.29 bits per heavy atom. The molecule has 0 bridgehead atoms. The summed E-state index contributed by atoms with van der Waals surface area (Å²) in [4.78, 5) is 4.73. The Balaban J connectivity index is 2.16. The van der Waals surface area contributed by atoms with Crippen LogP contribution >= 0.6 is 0 Å². The highest BCUT2D eigenvalue weighted by molar-refractivity contribution is 5.20. The van der Waals surface area contributed by atoms with Gasteiger partial charge in [-0.3, -0.25) is 0 Å². The minimum absolute atomic E-state index is 0.582. The van der Waals surface area contributed by atoms with Gasteiger partial charge in [-0.05, 0) is 45.6 Å². The Morgan fingerprint density at radius 2 is 2.06 bits per heavy atom. The SMILES string of the molecule is CCNC(CC)Cn1c(C)nc2c1CCCC2. The summed E-state index contributed by atoms with van der Waals surface area (Å²) >= 11 is 0. The van der Waals surface area contributed by atoms with Gasteiger partial charge in [-0.2, -0.15) is 0 Å². The van der Waals surface area contributed by atoms with Crippen LogP contribution in [0.25, 0.3) is 0 Å². The van der Waals surface area contributed by atoms with Crippen molar-refractivity contribution in [2.45, 2.75) is 65.5 Å². The van der Waals surface area contributed by atoms with E-state index in [4.69, 9.17) is 4.98 Å². The molecule has 0 aromatic carbocycles. The van der Waals surface area contributed by atoms with Crippen LogP contribution in [0, 0.1) is 6.92 Å². The van der Waals surface area contributed by atoms with Gasteiger partial charge in [-0.1, -0.05) is 13.8 Å².